The molecule has 1 heterocycles. The average molecular weight is 128 g/mol. The molecule has 9 heavy (non-hydrogen) atoms. The lowest BCUT2D eigenvalue weighted by molar-refractivity contribution is -0.647. The number of hydrogen-bond donors (Lipinski definition) is 1. The Labute approximate surface area is 55.8 Å². The number of hydrogen-bond acceptors (Lipinski definition) is 2. The summed E-state index contributed by atoms with van der Waals surface area (Å²) in [5.74, 6) is 0. The third kappa shape index (κ3) is 1.48. The second kappa shape index (κ2) is 2.06. The number of azo groups is 2. The molecule has 0 saturated carbocycles. The van der Waals surface area contributed by atoms with Crippen LogP contribution < -0.4 is 5.32 Å². The molecular weight excluding hydrogens is 114 g/mol. The molecule has 0 aliphatic carbocycles. The van der Waals surface area contributed by atoms with Crippen LogP contribution in [0.15, 0.2) is 5.11 Å². The van der Waals surface area contributed by atoms with Crippen molar-refractivity contribution in [2.75, 3.05) is 13.3 Å². The lowest BCUT2D eigenvalue weighted by Gasteiger charge is -2.09. The summed E-state index contributed by atoms with van der Waals surface area (Å²) in [6.45, 7) is 8.14. The predicted molar refractivity (Wildman–Crippen MR) is 35.3 cm³/mol. The van der Waals surface area contributed by atoms with E-state index in [4.69, 9.17) is 0 Å². The quantitative estimate of drug-likeness (QED) is 0.479. The minimum absolute atomic E-state index is 0.184. The molecule has 0 aromatic heterocycles. The van der Waals surface area contributed by atoms with Crippen LogP contribution in [0.1, 0.15) is 20.8 Å². The zero-order valence-corrected chi connectivity index (χ0v) is 6.31. The first-order valence-corrected chi connectivity index (χ1v) is 3.26. The van der Waals surface area contributed by atoms with Gasteiger partial charge in [0.1, 0.15) is 0 Å². The summed E-state index contributed by atoms with van der Waals surface area (Å²) in [4.78, 5) is 0. The van der Waals surface area contributed by atoms with Gasteiger partial charge in [0, 0.05) is 20.8 Å². The van der Waals surface area contributed by atoms with Gasteiger partial charge in [-0.05, 0) is 5.11 Å². The second-order valence-electron chi connectivity index (χ2n) is 3.28. The Morgan fingerprint density at radius 2 is 2.11 bits per heavy atom. The average Bonchev–Trinajstić information content (AvgIpc) is 2.08. The van der Waals surface area contributed by atoms with Gasteiger partial charge in [-0.25, -0.2) is 5.32 Å². The maximum atomic E-state index is 4.23. The molecule has 52 valence electrons. The van der Waals surface area contributed by atoms with E-state index in [9.17, 15) is 0 Å². The van der Waals surface area contributed by atoms with Crippen molar-refractivity contribution in [3.63, 3.8) is 0 Å². The lowest BCUT2D eigenvalue weighted by Crippen LogP contribution is -2.32. The molecule has 0 aromatic carbocycles. The maximum absolute atomic E-state index is 4.23. The van der Waals surface area contributed by atoms with E-state index in [1.165, 1.54) is 0 Å². The first-order valence-electron chi connectivity index (χ1n) is 3.26. The van der Waals surface area contributed by atoms with Gasteiger partial charge in [0.15, 0.2) is 12.2 Å². The molecule has 1 aliphatic rings. The molecule has 0 saturated heterocycles. The first-order chi connectivity index (χ1) is 4.11. The monoisotopic (exact) mass is 128 g/mol. The van der Waals surface area contributed by atoms with Gasteiger partial charge in [0.2, 0.25) is 6.67 Å². The normalized spacial score (nSPS) is 20.1. The van der Waals surface area contributed by atoms with E-state index in [0.29, 0.717) is 0 Å². The molecule has 0 radical (unpaired) electrons. The fourth-order valence-corrected chi connectivity index (χ4v) is 0.791. The molecule has 0 spiro atoms. The molecule has 0 bridgehead atoms. The fraction of sp³-hybridized carbons (Fsp3) is 1.00. The summed E-state index contributed by atoms with van der Waals surface area (Å²) >= 11 is 0. The predicted octanol–water partition coefficient (Wildman–Crippen LogP) is 0.768. The SMILES string of the molecule is CC(C)(C)[N+]1=NCNC1. The summed E-state index contributed by atoms with van der Waals surface area (Å²) in [7, 11) is 0. The summed E-state index contributed by atoms with van der Waals surface area (Å²) in [5.41, 5.74) is 0.184. The number of nitrogens with one attached hydrogen (secondary N) is 1. The molecule has 1 rings (SSSR count). The van der Waals surface area contributed by atoms with Gasteiger partial charge in [-0.3, -0.25) is 0 Å². The molecule has 3 heteroatoms. The zero-order valence-electron chi connectivity index (χ0n) is 6.31. The molecule has 0 unspecified atom stereocenters. The van der Waals surface area contributed by atoms with Crippen molar-refractivity contribution in [2.24, 2.45) is 5.11 Å². The molecule has 0 amide bonds. The Morgan fingerprint density at radius 3 is 2.33 bits per heavy atom. The molecule has 1 N–H and O–H groups in total. The van der Waals surface area contributed by atoms with Crippen LogP contribution in [0.5, 0.6) is 0 Å². The smallest absolute Gasteiger partial charge is 0.224 e. The van der Waals surface area contributed by atoms with Crippen molar-refractivity contribution in [3.05, 3.63) is 0 Å². The van der Waals surface area contributed by atoms with Crippen molar-refractivity contribution < 1.29 is 4.70 Å². The Hall–Kier alpha value is -0.440. The van der Waals surface area contributed by atoms with Gasteiger partial charge >= 0.3 is 0 Å². The van der Waals surface area contributed by atoms with E-state index in [2.05, 4.69) is 35.9 Å². The molecule has 0 fully saturated rings. The summed E-state index contributed by atoms with van der Waals surface area (Å²) in [6.07, 6.45) is 0. The fourth-order valence-electron chi connectivity index (χ4n) is 0.791. The van der Waals surface area contributed by atoms with E-state index >= 15 is 0 Å². The Bertz CT molecular complexity index is 132. The number of nitrogens with zero attached hydrogens (tertiary/aromatic N) is 2. The van der Waals surface area contributed by atoms with Crippen LogP contribution in [0.25, 0.3) is 0 Å². The van der Waals surface area contributed by atoms with Crippen LogP contribution in [-0.4, -0.2) is 23.6 Å². The molecule has 0 atom stereocenters. The Balaban J connectivity index is 2.61. The summed E-state index contributed by atoms with van der Waals surface area (Å²) in [6, 6.07) is 0. The highest BCUT2D eigenvalue weighted by Gasteiger charge is 2.28. The minimum atomic E-state index is 0.184. The van der Waals surface area contributed by atoms with Crippen LogP contribution in [0, 0.1) is 0 Å². The highest BCUT2D eigenvalue weighted by molar-refractivity contribution is 4.56. The van der Waals surface area contributed by atoms with Crippen molar-refractivity contribution in [3.8, 4) is 0 Å². The summed E-state index contributed by atoms with van der Waals surface area (Å²) < 4.78 is 2.06. The van der Waals surface area contributed by atoms with Gasteiger partial charge in [-0.2, -0.15) is 0 Å². The molecular formula is C6H14N3+. The van der Waals surface area contributed by atoms with Crippen molar-refractivity contribution in [2.45, 2.75) is 26.3 Å². The van der Waals surface area contributed by atoms with Crippen LogP contribution in [0.4, 0.5) is 0 Å². The van der Waals surface area contributed by atoms with Gasteiger partial charge in [-0.15, -0.1) is 4.70 Å². The standard InChI is InChI=1S/C6H14N3/c1-6(2,3)9-5-7-4-8-9/h7H,4-5H2,1-3H3/q+1. The Kier molecular flexibility index (Phi) is 1.53. The van der Waals surface area contributed by atoms with E-state index < -0.39 is 0 Å². The maximum Gasteiger partial charge on any atom is 0.224 e. The van der Waals surface area contributed by atoms with Crippen molar-refractivity contribution in [1.82, 2.24) is 5.32 Å². The summed E-state index contributed by atoms with van der Waals surface area (Å²) in [5, 5.41) is 7.37. The van der Waals surface area contributed by atoms with E-state index in [1.54, 1.807) is 0 Å². The van der Waals surface area contributed by atoms with Crippen LogP contribution >= 0.6 is 0 Å². The van der Waals surface area contributed by atoms with Gasteiger partial charge in [0.05, 0.1) is 0 Å². The number of rotatable bonds is 0. The van der Waals surface area contributed by atoms with Gasteiger partial charge in [-0.1, -0.05) is 0 Å². The van der Waals surface area contributed by atoms with Crippen molar-refractivity contribution >= 4 is 0 Å². The van der Waals surface area contributed by atoms with Crippen LogP contribution in [0.3, 0.4) is 0 Å². The molecule has 1 aliphatic heterocycles. The lowest BCUT2D eigenvalue weighted by atomic mass is 10.1. The topological polar surface area (TPSA) is 27.4 Å². The first kappa shape index (κ1) is 6.68. The second-order valence-corrected chi connectivity index (χ2v) is 3.28. The highest BCUT2D eigenvalue weighted by atomic mass is 15.4. The zero-order chi connectivity index (χ0) is 6.91. The third-order valence-electron chi connectivity index (χ3n) is 1.39. The van der Waals surface area contributed by atoms with E-state index in [0.717, 1.165) is 13.3 Å². The van der Waals surface area contributed by atoms with Crippen LogP contribution in [0.2, 0.25) is 0 Å². The minimum Gasteiger partial charge on any atom is -0.235 e. The molecule has 0 aromatic rings. The highest BCUT2D eigenvalue weighted by Crippen LogP contribution is 2.08. The van der Waals surface area contributed by atoms with E-state index in [-0.39, 0.29) is 5.54 Å². The third-order valence-corrected chi connectivity index (χ3v) is 1.39. The van der Waals surface area contributed by atoms with Gasteiger partial charge < -0.3 is 0 Å². The van der Waals surface area contributed by atoms with Crippen LogP contribution in [-0.2, 0) is 0 Å². The van der Waals surface area contributed by atoms with E-state index in [1.807, 2.05) is 0 Å². The molecule has 3 nitrogen and oxygen atoms in total. The van der Waals surface area contributed by atoms with Crippen molar-refractivity contribution in [1.29, 1.82) is 0 Å². The van der Waals surface area contributed by atoms with Gasteiger partial charge in [0.25, 0.3) is 0 Å². The largest absolute Gasteiger partial charge is 0.235 e. The Morgan fingerprint density at radius 1 is 1.44 bits per heavy atom.